The van der Waals surface area contributed by atoms with Crippen LogP contribution < -0.4 is 20.1 Å². The summed E-state index contributed by atoms with van der Waals surface area (Å²) in [5.41, 5.74) is 5.05. The lowest BCUT2D eigenvalue weighted by Crippen LogP contribution is -2.31. The van der Waals surface area contributed by atoms with Crippen molar-refractivity contribution >= 4 is 45.2 Å². The number of anilines is 2. The Balaban J connectivity index is 1.80. The number of carbonyl (C=O) groups excluding carboxylic acids is 1. The van der Waals surface area contributed by atoms with Gasteiger partial charge in [0.1, 0.15) is 6.04 Å². The Bertz CT molecular complexity index is 1420. The van der Waals surface area contributed by atoms with Crippen LogP contribution in [-0.4, -0.2) is 39.6 Å². The fourth-order valence-corrected chi connectivity index (χ4v) is 6.00. The van der Waals surface area contributed by atoms with E-state index in [9.17, 15) is 4.79 Å². The maximum absolute atomic E-state index is 14.0. The van der Waals surface area contributed by atoms with E-state index in [4.69, 9.17) is 19.6 Å². The minimum absolute atomic E-state index is 0.202. The van der Waals surface area contributed by atoms with E-state index in [-0.39, 0.29) is 5.91 Å². The topological polar surface area (TPSA) is 90.3 Å². The summed E-state index contributed by atoms with van der Waals surface area (Å²) in [6.45, 7) is 13.3. The van der Waals surface area contributed by atoms with Crippen molar-refractivity contribution in [1.29, 1.82) is 0 Å². The highest BCUT2D eigenvalue weighted by atomic mass is 79.9. The molecule has 2 heterocycles. The van der Waals surface area contributed by atoms with Crippen molar-refractivity contribution in [3.8, 4) is 11.5 Å². The number of thioether (sulfide) groups is 1. The molecule has 1 aliphatic rings. The quantitative estimate of drug-likeness (QED) is 0.144. The van der Waals surface area contributed by atoms with Gasteiger partial charge in [-0.15, -0.1) is 5.10 Å². The van der Waals surface area contributed by atoms with E-state index in [1.165, 1.54) is 0 Å². The first-order valence-corrected chi connectivity index (χ1v) is 16.1. The van der Waals surface area contributed by atoms with Gasteiger partial charge in [0.25, 0.3) is 5.91 Å². The summed E-state index contributed by atoms with van der Waals surface area (Å²) in [6, 6.07) is 9.34. The maximum atomic E-state index is 14.0. The highest BCUT2D eigenvalue weighted by Gasteiger charge is 2.35. The molecule has 0 radical (unpaired) electrons. The molecule has 0 aliphatic carbocycles. The van der Waals surface area contributed by atoms with Crippen LogP contribution in [-0.2, 0) is 4.79 Å². The number of nitrogens with zero attached hydrogens (tertiary/aromatic N) is 3. The van der Waals surface area contributed by atoms with Gasteiger partial charge in [0.05, 0.1) is 23.3 Å². The van der Waals surface area contributed by atoms with E-state index < -0.39 is 6.04 Å². The van der Waals surface area contributed by atoms with Gasteiger partial charge in [-0.05, 0) is 91.4 Å². The molecule has 1 amide bonds. The normalized spacial score (nSPS) is 14.5. The van der Waals surface area contributed by atoms with Crippen molar-refractivity contribution in [2.24, 2.45) is 0 Å². The Morgan fingerprint density at radius 3 is 2.66 bits per heavy atom. The Kier molecular flexibility index (Phi) is 10.8. The molecule has 2 N–H and O–H groups in total. The van der Waals surface area contributed by atoms with Crippen LogP contribution in [0, 0.1) is 13.8 Å². The van der Waals surface area contributed by atoms with Gasteiger partial charge in [-0.1, -0.05) is 50.6 Å². The van der Waals surface area contributed by atoms with Crippen LogP contribution in [0.4, 0.5) is 11.6 Å². The zero-order valence-corrected chi connectivity index (χ0v) is 27.2. The molecule has 0 spiro atoms. The molecule has 1 unspecified atom stereocenters. The van der Waals surface area contributed by atoms with Gasteiger partial charge in [0, 0.05) is 17.1 Å². The average Bonchev–Trinajstić information content (AvgIpc) is 3.35. The number of unbranched alkanes of at least 4 members (excludes halogenated alkanes) is 2. The number of carbonyl (C=O) groups is 1. The number of fused-ring (bicyclic) bond motifs is 1. The zero-order valence-electron chi connectivity index (χ0n) is 24.8. The largest absolute Gasteiger partial charge is 0.490 e. The molecule has 0 bridgehead atoms. The number of aryl methyl sites for hydroxylation is 1. The first-order chi connectivity index (χ1) is 19.8. The summed E-state index contributed by atoms with van der Waals surface area (Å²) in [4.78, 5) is 18.8. The van der Waals surface area contributed by atoms with Gasteiger partial charge < -0.3 is 20.1 Å². The van der Waals surface area contributed by atoms with Crippen LogP contribution in [0.2, 0.25) is 0 Å². The third-order valence-corrected chi connectivity index (χ3v) is 8.64. The number of amides is 1. The minimum atomic E-state index is -0.538. The smallest absolute Gasteiger partial charge is 0.255 e. The van der Waals surface area contributed by atoms with Gasteiger partial charge in [0.2, 0.25) is 11.1 Å². The number of nitrogens with one attached hydrogen (secondary N) is 2. The molecular weight excluding hydrogens is 602 g/mol. The molecule has 1 aromatic heterocycles. The lowest BCUT2D eigenvalue weighted by Gasteiger charge is -2.29. The minimum Gasteiger partial charge on any atom is -0.490 e. The molecule has 10 heteroatoms. The monoisotopic (exact) mass is 641 g/mol. The van der Waals surface area contributed by atoms with Gasteiger partial charge in [0.15, 0.2) is 11.5 Å². The summed E-state index contributed by atoms with van der Waals surface area (Å²) in [7, 11) is 0. The summed E-state index contributed by atoms with van der Waals surface area (Å²) in [5.74, 6) is 2.60. The summed E-state index contributed by atoms with van der Waals surface area (Å²) < 4.78 is 14.8. The number of hydrogen-bond acceptors (Lipinski definition) is 7. The predicted molar refractivity (Wildman–Crippen MR) is 170 cm³/mol. The second kappa shape index (κ2) is 14.3. The van der Waals surface area contributed by atoms with Crippen LogP contribution in [0.1, 0.15) is 76.1 Å². The van der Waals surface area contributed by atoms with Crippen molar-refractivity contribution < 1.29 is 14.3 Å². The molecule has 4 rings (SSSR count). The predicted octanol–water partition coefficient (Wildman–Crippen LogP) is 8.05. The average molecular weight is 643 g/mol. The number of ether oxygens (including phenoxy) is 2. The molecule has 3 aromatic rings. The summed E-state index contributed by atoms with van der Waals surface area (Å²) >= 11 is 5.34. The molecule has 220 valence electrons. The molecule has 1 atom stereocenters. The molecule has 0 saturated carbocycles. The van der Waals surface area contributed by atoms with Crippen LogP contribution in [0.5, 0.6) is 11.5 Å². The number of rotatable bonds is 13. The number of allylic oxidation sites excluding steroid dienone is 1. The molecule has 0 fully saturated rings. The lowest BCUT2D eigenvalue weighted by atomic mass is 9.94. The van der Waals surface area contributed by atoms with E-state index >= 15 is 0 Å². The van der Waals surface area contributed by atoms with E-state index in [1.807, 2.05) is 62.7 Å². The first-order valence-electron chi connectivity index (χ1n) is 14.3. The molecule has 41 heavy (non-hydrogen) atoms. The standard InChI is InChI=1S/C31H40BrN5O3S/c1-7-10-11-15-40-28-23(32)17-22(18-25(28)39-9-3)27-26(29(38)34-24-14-12-13-19(4)20(24)5)21(6)33-30-35-31(36-37(27)30)41-16-8-2/h12-14,17-18,27H,7-11,15-16H2,1-6H3,(H,34,38)(H,33,35,36). The van der Waals surface area contributed by atoms with Crippen molar-refractivity contribution in [1.82, 2.24) is 14.8 Å². The second-order valence-electron chi connectivity index (χ2n) is 10.1. The fourth-order valence-electron chi connectivity index (χ4n) is 4.74. The third-order valence-electron chi connectivity index (χ3n) is 7.01. The van der Waals surface area contributed by atoms with E-state index in [0.717, 1.165) is 64.0 Å². The highest BCUT2D eigenvalue weighted by molar-refractivity contribution is 9.10. The number of benzene rings is 2. The van der Waals surface area contributed by atoms with Crippen molar-refractivity contribution in [2.75, 3.05) is 29.6 Å². The SMILES string of the molecule is CCCCCOc1c(Br)cc(C2C(C(=O)Nc3cccc(C)c3C)=C(C)Nc3nc(SCCC)nn32)cc1OCC. The Morgan fingerprint density at radius 1 is 1.12 bits per heavy atom. The van der Waals surface area contributed by atoms with Gasteiger partial charge in [-0.2, -0.15) is 4.98 Å². The number of aromatic nitrogens is 3. The molecule has 2 aromatic carbocycles. The van der Waals surface area contributed by atoms with Crippen molar-refractivity contribution in [3.05, 3.63) is 62.8 Å². The van der Waals surface area contributed by atoms with Crippen molar-refractivity contribution in [3.63, 3.8) is 0 Å². The van der Waals surface area contributed by atoms with E-state index in [0.29, 0.717) is 41.4 Å². The van der Waals surface area contributed by atoms with Crippen LogP contribution in [0.3, 0.4) is 0 Å². The van der Waals surface area contributed by atoms with E-state index in [1.54, 1.807) is 11.8 Å². The Hall–Kier alpha value is -2.98. The van der Waals surface area contributed by atoms with Crippen LogP contribution >= 0.6 is 27.7 Å². The van der Waals surface area contributed by atoms with Crippen LogP contribution in [0.15, 0.2) is 51.2 Å². The Morgan fingerprint density at radius 2 is 1.93 bits per heavy atom. The summed E-state index contributed by atoms with van der Waals surface area (Å²) in [6.07, 6.45) is 4.20. The second-order valence-corrected chi connectivity index (χ2v) is 12.0. The zero-order chi connectivity index (χ0) is 29.5. The van der Waals surface area contributed by atoms with Crippen molar-refractivity contribution in [2.45, 2.75) is 78.4 Å². The Labute approximate surface area is 255 Å². The maximum Gasteiger partial charge on any atom is 0.255 e. The first kappa shape index (κ1) is 31.0. The van der Waals surface area contributed by atoms with Gasteiger partial charge >= 0.3 is 0 Å². The molecule has 0 saturated heterocycles. The van der Waals surface area contributed by atoms with Gasteiger partial charge in [-0.3, -0.25) is 4.79 Å². The third kappa shape index (κ3) is 7.09. The summed E-state index contributed by atoms with van der Waals surface area (Å²) in [5, 5.41) is 12.0. The molecule has 8 nitrogen and oxygen atoms in total. The van der Waals surface area contributed by atoms with Gasteiger partial charge in [-0.25, -0.2) is 4.68 Å². The molecule has 1 aliphatic heterocycles. The number of halogens is 1. The fraction of sp³-hybridized carbons (Fsp3) is 0.452. The van der Waals surface area contributed by atoms with Crippen LogP contribution in [0.25, 0.3) is 0 Å². The van der Waals surface area contributed by atoms with E-state index in [2.05, 4.69) is 40.4 Å². The molecular formula is C31H40BrN5O3S. The number of hydrogen-bond donors (Lipinski definition) is 2. The highest BCUT2D eigenvalue weighted by Crippen LogP contribution is 2.43. The lowest BCUT2D eigenvalue weighted by molar-refractivity contribution is -0.113.